The number of nitrogens with two attached hydrogens (primary N) is 1. The van der Waals surface area contributed by atoms with Gasteiger partial charge in [0.25, 0.3) is 0 Å². The quantitative estimate of drug-likeness (QED) is 0.750. The van der Waals surface area contributed by atoms with Crippen molar-refractivity contribution in [1.82, 2.24) is 5.32 Å². The van der Waals surface area contributed by atoms with E-state index in [9.17, 15) is 8.42 Å². The Balaban J connectivity index is 2.57. The Bertz CT molecular complexity index is 457. The molecule has 0 spiro atoms. The normalized spacial score (nSPS) is 13.5. The van der Waals surface area contributed by atoms with Gasteiger partial charge in [-0.05, 0) is 49.6 Å². The van der Waals surface area contributed by atoms with E-state index in [1.807, 2.05) is 11.8 Å². The molecule has 0 aliphatic heterocycles. The third-order valence-electron chi connectivity index (χ3n) is 2.68. The van der Waals surface area contributed by atoms with E-state index in [-0.39, 0.29) is 10.9 Å². The highest BCUT2D eigenvalue weighted by Crippen LogP contribution is 2.15. The summed E-state index contributed by atoms with van der Waals surface area (Å²) in [5.41, 5.74) is 1.06. The van der Waals surface area contributed by atoms with Gasteiger partial charge in [0.15, 0.2) is 0 Å². The lowest BCUT2D eigenvalue weighted by Gasteiger charge is -2.14. The zero-order chi connectivity index (χ0) is 13.6. The molecule has 0 aromatic heterocycles. The summed E-state index contributed by atoms with van der Waals surface area (Å²) in [6.07, 6.45) is 3.22. The molecule has 0 radical (unpaired) electrons. The first-order chi connectivity index (χ1) is 8.45. The lowest BCUT2D eigenvalue weighted by Crippen LogP contribution is -2.20. The van der Waals surface area contributed by atoms with Crippen LogP contribution in [0.2, 0.25) is 0 Å². The maximum Gasteiger partial charge on any atom is 0.238 e. The minimum absolute atomic E-state index is 0.154. The molecular formula is C12H20N2O2S2. The van der Waals surface area contributed by atoms with E-state index in [2.05, 4.69) is 18.5 Å². The van der Waals surface area contributed by atoms with Crippen LogP contribution in [0.5, 0.6) is 0 Å². The molecule has 1 unspecified atom stereocenters. The predicted molar refractivity (Wildman–Crippen MR) is 77.2 cm³/mol. The molecule has 3 N–H and O–H groups in total. The fourth-order valence-electron chi connectivity index (χ4n) is 1.60. The molecule has 0 amide bonds. The average Bonchev–Trinajstić information content (AvgIpc) is 2.33. The van der Waals surface area contributed by atoms with Crippen molar-refractivity contribution >= 4 is 21.8 Å². The first-order valence-corrected chi connectivity index (χ1v) is 8.74. The summed E-state index contributed by atoms with van der Waals surface area (Å²) in [6, 6.07) is 6.90. The molecule has 0 fully saturated rings. The maximum atomic E-state index is 11.1. The summed E-state index contributed by atoms with van der Waals surface area (Å²) in [5.74, 6) is 1.14. The molecule has 1 aromatic rings. The van der Waals surface area contributed by atoms with Gasteiger partial charge in [-0.2, -0.15) is 11.8 Å². The summed E-state index contributed by atoms with van der Waals surface area (Å²) >= 11 is 1.83. The van der Waals surface area contributed by atoms with Crippen LogP contribution >= 0.6 is 11.8 Å². The monoisotopic (exact) mass is 288 g/mol. The van der Waals surface area contributed by atoms with E-state index in [1.165, 1.54) is 0 Å². The summed E-state index contributed by atoms with van der Waals surface area (Å²) in [5, 5.41) is 8.45. The Morgan fingerprint density at radius 3 is 2.44 bits per heavy atom. The molecule has 0 heterocycles. The van der Waals surface area contributed by atoms with E-state index in [0.29, 0.717) is 0 Å². The van der Waals surface area contributed by atoms with Gasteiger partial charge in [-0.25, -0.2) is 13.6 Å². The zero-order valence-electron chi connectivity index (χ0n) is 10.7. The standard InChI is InChI=1S/C12H20N2O2S2/c1-10(14-8-3-9-17-2)11-4-6-12(7-5-11)18(13,15)16/h4-7,10,14H,3,8-9H2,1-2H3,(H2,13,15,16). The van der Waals surface area contributed by atoms with Gasteiger partial charge in [-0.15, -0.1) is 0 Å². The van der Waals surface area contributed by atoms with Crippen LogP contribution in [0.15, 0.2) is 29.2 Å². The lowest BCUT2D eigenvalue weighted by molar-refractivity contribution is 0.571. The van der Waals surface area contributed by atoms with E-state index in [1.54, 1.807) is 24.3 Å². The second kappa shape index (κ2) is 7.13. The van der Waals surface area contributed by atoms with Crippen LogP contribution in [0.4, 0.5) is 0 Å². The van der Waals surface area contributed by atoms with Crippen molar-refractivity contribution in [2.45, 2.75) is 24.3 Å². The minimum atomic E-state index is -3.59. The van der Waals surface area contributed by atoms with Crippen LogP contribution < -0.4 is 10.5 Å². The summed E-state index contributed by atoms with van der Waals surface area (Å²) < 4.78 is 22.2. The summed E-state index contributed by atoms with van der Waals surface area (Å²) in [4.78, 5) is 0.154. The molecule has 0 bridgehead atoms. The Kier molecular flexibility index (Phi) is 6.14. The number of hydrogen-bond donors (Lipinski definition) is 2. The number of thioether (sulfide) groups is 1. The molecule has 1 aromatic carbocycles. The molecule has 1 atom stereocenters. The minimum Gasteiger partial charge on any atom is -0.310 e. The molecule has 0 aliphatic rings. The largest absolute Gasteiger partial charge is 0.310 e. The molecule has 4 nitrogen and oxygen atoms in total. The van der Waals surface area contributed by atoms with Gasteiger partial charge in [0, 0.05) is 6.04 Å². The number of primary sulfonamides is 1. The summed E-state index contributed by atoms with van der Waals surface area (Å²) in [7, 11) is -3.59. The van der Waals surface area contributed by atoms with Crippen molar-refractivity contribution in [3.05, 3.63) is 29.8 Å². The van der Waals surface area contributed by atoms with Gasteiger partial charge >= 0.3 is 0 Å². The van der Waals surface area contributed by atoms with Gasteiger partial charge < -0.3 is 5.32 Å². The highest BCUT2D eigenvalue weighted by molar-refractivity contribution is 7.98. The van der Waals surface area contributed by atoms with Crippen LogP contribution in [0.1, 0.15) is 24.9 Å². The molecule has 0 aliphatic carbocycles. The van der Waals surface area contributed by atoms with Crippen LogP contribution in [-0.2, 0) is 10.0 Å². The van der Waals surface area contributed by atoms with E-state index in [4.69, 9.17) is 5.14 Å². The van der Waals surface area contributed by atoms with E-state index in [0.717, 1.165) is 24.3 Å². The highest BCUT2D eigenvalue weighted by Gasteiger charge is 2.09. The fourth-order valence-corrected chi connectivity index (χ4v) is 2.55. The van der Waals surface area contributed by atoms with Crippen LogP contribution in [0, 0.1) is 0 Å². The Hall–Kier alpha value is -0.560. The SMILES string of the molecule is CSCCCNC(C)c1ccc(S(N)(=O)=O)cc1. The van der Waals surface area contributed by atoms with Crippen LogP contribution in [-0.4, -0.2) is 27.0 Å². The van der Waals surface area contributed by atoms with Gasteiger partial charge in [0.1, 0.15) is 0 Å². The number of hydrogen-bond acceptors (Lipinski definition) is 4. The van der Waals surface area contributed by atoms with Crippen LogP contribution in [0.3, 0.4) is 0 Å². The summed E-state index contributed by atoms with van der Waals surface area (Å²) in [6.45, 7) is 3.02. The predicted octanol–water partition coefficient (Wildman–Crippen LogP) is 1.74. The molecule has 18 heavy (non-hydrogen) atoms. The second-order valence-corrected chi connectivity index (χ2v) is 6.68. The molecule has 6 heteroatoms. The Morgan fingerprint density at radius 1 is 1.33 bits per heavy atom. The first kappa shape index (κ1) is 15.5. The molecular weight excluding hydrogens is 268 g/mol. The average molecular weight is 288 g/mol. The first-order valence-electron chi connectivity index (χ1n) is 5.80. The van der Waals surface area contributed by atoms with Crippen LogP contribution in [0.25, 0.3) is 0 Å². The number of sulfonamides is 1. The van der Waals surface area contributed by atoms with Crippen molar-refractivity contribution < 1.29 is 8.42 Å². The van der Waals surface area contributed by atoms with Gasteiger partial charge in [-0.1, -0.05) is 12.1 Å². The van der Waals surface area contributed by atoms with E-state index >= 15 is 0 Å². The molecule has 0 saturated carbocycles. The number of benzene rings is 1. The smallest absolute Gasteiger partial charge is 0.238 e. The fraction of sp³-hybridized carbons (Fsp3) is 0.500. The zero-order valence-corrected chi connectivity index (χ0v) is 12.4. The lowest BCUT2D eigenvalue weighted by atomic mass is 10.1. The third kappa shape index (κ3) is 4.97. The maximum absolute atomic E-state index is 11.1. The van der Waals surface area contributed by atoms with Gasteiger partial charge in [0.05, 0.1) is 4.90 Å². The highest BCUT2D eigenvalue weighted by atomic mass is 32.2. The van der Waals surface area contributed by atoms with Gasteiger partial charge in [0.2, 0.25) is 10.0 Å². The topological polar surface area (TPSA) is 72.2 Å². The van der Waals surface area contributed by atoms with Crippen molar-refractivity contribution in [2.75, 3.05) is 18.6 Å². The van der Waals surface area contributed by atoms with Crippen molar-refractivity contribution in [2.24, 2.45) is 5.14 Å². The number of nitrogens with one attached hydrogen (secondary N) is 1. The third-order valence-corrected chi connectivity index (χ3v) is 4.31. The van der Waals surface area contributed by atoms with Gasteiger partial charge in [-0.3, -0.25) is 0 Å². The molecule has 1 rings (SSSR count). The van der Waals surface area contributed by atoms with Crippen molar-refractivity contribution in [3.8, 4) is 0 Å². The molecule has 102 valence electrons. The number of rotatable bonds is 7. The Morgan fingerprint density at radius 2 is 1.94 bits per heavy atom. The second-order valence-electron chi connectivity index (χ2n) is 4.14. The van der Waals surface area contributed by atoms with Crippen molar-refractivity contribution in [3.63, 3.8) is 0 Å². The van der Waals surface area contributed by atoms with E-state index < -0.39 is 10.0 Å². The Labute approximate surface area is 113 Å². The molecule has 0 saturated heterocycles. The van der Waals surface area contributed by atoms with Crippen molar-refractivity contribution in [1.29, 1.82) is 0 Å².